The Morgan fingerprint density at radius 1 is 1.29 bits per heavy atom. The number of carbonyl (C=O) groups is 2. The molecule has 21 heavy (non-hydrogen) atoms. The molecule has 1 unspecified atom stereocenters. The summed E-state index contributed by atoms with van der Waals surface area (Å²) >= 11 is 0. The fourth-order valence-corrected chi connectivity index (χ4v) is 2.45. The molecule has 1 saturated carbocycles. The van der Waals surface area contributed by atoms with Gasteiger partial charge in [-0.15, -0.1) is 0 Å². The van der Waals surface area contributed by atoms with Gasteiger partial charge in [-0.3, -0.25) is 9.59 Å². The third-order valence-electron chi connectivity index (χ3n) is 3.64. The minimum atomic E-state index is -0.807. The number of esters is 1. The highest BCUT2D eigenvalue weighted by Crippen LogP contribution is 2.17. The van der Waals surface area contributed by atoms with Crippen LogP contribution in [0.1, 0.15) is 38.2 Å². The fraction of sp³-hybridized carbons (Fsp3) is 0.500. The first-order valence-corrected chi connectivity index (χ1v) is 7.29. The van der Waals surface area contributed by atoms with Crippen molar-refractivity contribution in [3.8, 4) is 0 Å². The number of hydrogen-bond donors (Lipinski definition) is 1. The molecule has 0 heterocycles. The molecular formula is C16H20FNO3. The summed E-state index contributed by atoms with van der Waals surface area (Å²) < 4.78 is 17.9. The lowest BCUT2D eigenvalue weighted by Gasteiger charge is -2.17. The molecule has 1 aromatic carbocycles. The van der Waals surface area contributed by atoms with Gasteiger partial charge in [-0.2, -0.15) is 0 Å². The smallest absolute Gasteiger partial charge is 0.311 e. The minimum Gasteiger partial charge on any atom is -0.452 e. The number of rotatable bonds is 5. The zero-order chi connectivity index (χ0) is 15.2. The largest absolute Gasteiger partial charge is 0.452 e. The van der Waals surface area contributed by atoms with Gasteiger partial charge < -0.3 is 10.1 Å². The quantitative estimate of drug-likeness (QED) is 0.848. The summed E-state index contributed by atoms with van der Waals surface area (Å²) in [4.78, 5) is 23.6. The van der Waals surface area contributed by atoms with Crippen LogP contribution in [0.2, 0.25) is 0 Å². The van der Waals surface area contributed by atoms with Crippen LogP contribution in [0, 0.1) is 5.82 Å². The highest BCUT2D eigenvalue weighted by molar-refractivity contribution is 5.84. The first-order chi connectivity index (χ1) is 10.0. The first kappa shape index (κ1) is 15.5. The van der Waals surface area contributed by atoms with E-state index in [1.165, 1.54) is 24.3 Å². The van der Waals surface area contributed by atoms with Crippen molar-refractivity contribution in [3.05, 3.63) is 35.6 Å². The maximum Gasteiger partial charge on any atom is 0.311 e. The lowest BCUT2D eigenvalue weighted by atomic mass is 10.1. The molecule has 1 amide bonds. The third-order valence-corrected chi connectivity index (χ3v) is 3.64. The molecule has 1 atom stereocenters. The second kappa shape index (κ2) is 7.20. The van der Waals surface area contributed by atoms with Gasteiger partial charge in [0.15, 0.2) is 6.10 Å². The van der Waals surface area contributed by atoms with E-state index in [1.54, 1.807) is 6.92 Å². The van der Waals surface area contributed by atoms with Gasteiger partial charge in [-0.1, -0.05) is 25.0 Å². The van der Waals surface area contributed by atoms with E-state index in [2.05, 4.69) is 5.32 Å². The summed E-state index contributed by atoms with van der Waals surface area (Å²) in [6.07, 6.45) is 3.46. The molecule has 0 aromatic heterocycles. The van der Waals surface area contributed by atoms with Crippen molar-refractivity contribution in [3.63, 3.8) is 0 Å². The van der Waals surface area contributed by atoms with Crippen LogP contribution in [-0.4, -0.2) is 24.0 Å². The van der Waals surface area contributed by atoms with E-state index in [0.717, 1.165) is 25.7 Å². The lowest BCUT2D eigenvalue weighted by molar-refractivity contribution is -0.154. The molecule has 1 aliphatic rings. The molecule has 2 rings (SSSR count). The van der Waals surface area contributed by atoms with Gasteiger partial charge in [-0.25, -0.2) is 4.39 Å². The number of benzene rings is 1. The van der Waals surface area contributed by atoms with Gasteiger partial charge in [0, 0.05) is 6.04 Å². The Bertz CT molecular complexity index is 495. The summed E-state index contributed by atoms with van der Waals surface area (Å²) in [5.41, 5.74) is 0.657. The van der Waals surface area contributed by atoms with Gasteiger partial charge >= 0.3 is 5.97 Å². The molecule has 0 aliphatic heterocycles. The number of halogens is 1. The monoisotopic (exact) mass is 293 g/mol. The Kier molecular flexibility index (Phi) is 5.31. The number of ether oxygens (including phenoxy) is 1. The molecular weight excluding hydrogens is 273 g/mol. The van der Waals surface area contributed by atoms with E-state index in [9.17, 15) is 14.0 Å². The van der Waals surface area contributed by atoms with Crippen molar-refractivity contribution in [1.29, 1.82) is 0 Å². The van der Waals surface area contributed by atoms with Gasteiger partial charge in [0.05, 0.1) is 6.42 Å². The highest BCUT2D eigenvalue weighted by Gasteiger charge is 2.22. The predicted molar refractivity (Wildman–Crippen MR) is 76.1 cm³/mol. The Hall–Kier alpha value is -1.91. The van der Waals surface area contributed by atoms with E-state index < -0.39 is 12.1 Å². The van der Waals surface area contributed by atoms with E-state index in [0.29, 0.717) is 5.56 Å². The number of carbonyl (C=O) groups excluding carboxylic acids is 2. The molecule has 1 N–H and O–H groups in total. The van der Waals surface area contributed by atoms with Gasteiger partial charge in [0.1, 0.15) is 5.82 Å². The van der Waals surface area contributed by atoms with Gasteiger partial charge in [0.25, 0.3) is 5.91 Å². The van der Waals surface area contributed by atoms with Crippen LogP contribution < -0.4 is 5.32 Å². The van der Waals surface area contributed by atoms with Crippen LogP contribution in [0.15, 0.2) is 24.3 Å². The summed E-state index contributed by atoms with van der Waals surface area (Å²) in [6, 6.07) is 5.84. The van der Waals surface area contributed by atoms with E-state index in [4.69, 9.17) is 4.74 Å². The zero-order valence-electron chi connectivity index (χ0n) is 12.1. The van der Waals surface area contributed by atoms with Crippen LogP contribution in [0.25, 0.3) is 0 Å². The number of hydrogen-bond acceptors (Lipinski definition) is 3. The molecule has 0 radical (unpaired) electrons. The van der Waals surface area contributed by atoms with Crippen molar-refractivity contribution in [2.75, 3.05) is 0 Å². The molecule has 1 aromatic rings. The standard InChI is InChI=1S/C16H20FNO3/c1-11(16(20)18-14-4-2-3-5-14)21-15(19)10-12-6-8-13(17)9-7-12/h6-9,11,14H,2-5,10H2,1H3,(H,18,20). The van der Waals surface area contributed by atoms with Crippen LogP contribution in [-0.2, 0) is 20.7 Å². The van der Waals surface area contributed by atoms with Crippen LogP contribution in [0.5, 0.6) is 0 Å². The second-order valence-electron chi connectivity index (χ2n) is 5.43. The molecule has 0 spiro atoms. The van der Waals surface area contributed by atoms with E-state index in [1.807, 2.05) is 0 Å². The van der Waals surface area contributed by atoms with Crippen LogP contribution in [0.3, 0.4) is 0 Å². The Labute approximate surface area is 123 Å². The number of nitrogens with one attached hydrogen (secondary N) is 1. The molecule has 1 fully saturated rings. The molecule has 1 aliphatic carbocycles. The van der Waals surface area contributed by atoms with E-state index >= 15 is 0 Å². The van der Waals surface area contributed by atoms with Crippen molar-refractivity contribution in [2.45, 2.75) is 51.2 Å². The van der Waals surface area contributed by atoms with Gasteiger partial charge in [0.2, 0.25) is 0 Å². The predicted octanol–water partition coefficient (Wildman–Crippen LogP) is 2.36. The molecule has 0 saturated heterocycles. The number of amides is 1. The molecule has 5 heteroatoms. The van der Waals surface area contributed by atoms with Crippen molar-refractivity contribution in [1.82, 2.24) is 5.32 Å². The van der Waals surface area contributed by atoms with Crippen molar-refractivity contribution in [2.24, 2.45) is 0 Å². The Morgan fingerprint density at radius 2 is 1.90 bits per heavy atom. The van der Waals surface area contributed by atoms with E-state index in [-0.39, 0.29) is 24.2 Å². The average molecular weight is 293 g/mol. The lowest BCUT2D eigenvalue weighted by Crippen LogP contribution is -2.41. The second-order valence-corrected chi connectivity index (χ2v) is 5.43. The summed E-state index contributed by atoms with van der Waals surface area (Å²) in [6.45, 7) is 1.56. The molecule has 114 valence electrons. The SMILES string of the molecule is CC(OC(=O)Cc1ccc(F)cc1)C(=O)NC1CCCC1. The first-order valence-electron chi connectivity index (χ1n) is 7.29. The topological polar surface area (TPSA) is 55.4 Å². The van der Waals surface area contributed by atoms with Crippen LogP contribution >= 0.6 is 0 Å². The Balaban J connectivity index is 1.78. The summed E-state index contributed by atoms with van der Waals surface area (Å²) in [7, 11) is 0. The zero-order valence-corrected chi connectivity index (χ0v) is 12.1. The van der Waals surface area contributed by atoms with Crippen molar-refractivity contribution >= 4 is 11.9 Å². The maximum atomic E-state index is 12.8. The Morgan fingerprint density at radius 3 is 2.52 bits per heavy atom. The normalized spacial score (nSPS) is 16.5. The minimum absolute atomic E-state index is 0.0291. The van der Waals surface area contributed by atoms with Crippen molar-refractivity contribution < 1.29 is 18.7 Å². The maximum absolute atomic E-state index is 12.8. The fourth-order valence-electron chi connectivity index (χ4n) is 2.45. The third kappa shape index (κ3) is 4.85. The summed E-state index contributed by atoms with van der Waals surface area (Å²) in [5, 5.41) is 2.89. The average Bonchev–Trinajstić information content (AvgIpc) is 2.94. The molecule has 4 nitrogen and oxygen atoms in total. The summed E-state index contributed by atoms with van der Waals surface area (Å²) in [5.74, 6) is -1.10. The highest BCUT2D eigenvalue weighted by atomic mass is 19.1. The van der Waals surface area contributed by atoms with Crippen LogP contribution in [0.4, 0.5) is 4.39 Å². The molecule has 0 bridgehead atoms. The van der Waals surface area contributed by atoms with Gasteiger partial charge in [-0.05, 0) is 37.5 Å².